The molecule has 0 saturated carbocycles. The van der Waals surface area contributed by atoms with E-state index >= 15 is 0 Å². The van der Waals surface area contributed by atoms with E-state index in [0.29, 0.717) is 0 Å². The molecule has 0 aromatic heterocycles. The number of aryl methyl sites for hydroxylation is 4. The molecule has 302 valence electrons. The van der Waals surface area contributed by atoms with E-state index in [2.05, 4.69) is 79.7 Å². The van der Waals surface area contributed by atoms with Crippen LogP contribution in [0.3, 0.4) is 0 Å². The van der Waals surface area contributed by atoms with Gasteiger partial charge in [0, 0.05) is 22.3 Å². The second kappa shape index (κ2) is 26.4. The lowest BCUT2D eigenvalue weighted by molar-refractivity contribution is -0.345. The molecule has 0 spiro atoms. The van der Waals surface area contributed by atoms with Gasteiger partial charge in [-0.15, -0.1) is 0 Å². The maximum atomic E-state index is 12.9. The molecule has 0 saturated heterocycles. The average molecular weight is 737 g/mol. The Balaban J connectivity index is 2.38. The molecule has 0 unspecified atom stereocenters. The lowest BCUT2D eigenvalue weighted by Gasteiger charge is -2.20. The summed E-state index contributed by atoms with van der Waals surface area (Å²) in [4.78, 5) is 0. The minimum atomic E-state index is 1.05. The molecule has 2 aromatic rings. The zero-order valence-electron chi connectivity index (χ0n) is 37.0. The Morgan fingerprint density at radius 2 is 0.611 bits per heavy atom. The SMILES string of the molecule is CCCCCCC1=C(c2cc(CCCC)c(CCCC)c(CCCC)c2)[N+](=[N-])C(c2cc(CCCC)c(CCCC)c(CCCC)c2)=C1CCCCCC. The summed E-state index contributed by atoms with van der Waals surface area (Å²) in [5.41, 5.74) is 29.9. The van der Waals surface area contributed by atoms with E-state index in [9.17, 15) is 5.53 Å². The standard InChI is InChI=1S/C52H84N2/c1-9-17-25-27-35-49-50(36-28-26-18-10-2)52(46-39-43(31-21-13-5)48(34-24-16-8)44(40-46)32-22-14-6)54(53)51(49)45-37-41(29-19-11-3)47(33-23-15-7)42(38-45)30-20-12-4/h37-40H,9-36H2,1-8H3. The summed E-state index contributed by atoms with van der Waals surface area (Å²) >= 11 is 0. The Hall–Kier alpha value is -2.48. The monoisotopic (exact) mass is 737 g/mol. The van der Waals surface area contributed by atoms with Crippen LogP contribution in [0.25, 0.3) is 16.9 Å². The first kappa shape index (κ1) is 45.9. The predicted octanol–water partition coefficient (Wildman–Crippen LogP) is 16.9. The lowest BCUT2D eigenvalue weighted by atomic mass is 9.86. The second-order valence-electron chi connectivity index (χ2n) is 16.8. The molecule has 0 N–H and O–H groups in total. The summed E-state index contributed by atoms with van der Waals surface area (Å²) in [6.07, 6.45) is 33.6. The van der Waals surface area contributed by atoms with Crippen molar-refractivity contribution in [3.8, 4) is 0 Å². The highest BCUT2D eigenvalue weighted by Crippen LogP contribution is 2.46. The van der Waals surface area contributed by atoms with Crippen LogP contribution in [-0.2, 0) is 38.5 Å². The molecule has 0 bridgehead atoms. The van der Waals surface area contributed by atoms with Gasteiger partial charge in [-0.3, -0.25) is 0 Å². The van der Waals surface area contributed by atoms with Crippen molar-refractivity contribution in [3.63, 3.8) is 0 Å². The highest BCUT2D eigenvalue weighted by molar-refractivity contribution is 5.83. The molecule has 1 heterocycles. The van der Waals surface area contributed by atoms with Gasteiger partial charge < -0.3 is 5.53 Å². The van der Waals surface area contributed by atoms with E-state index in [1.807, 2.05) is 0 Å². The Labute approximate surface area is 335 Å². The van der Waals surface area contributed by atoms with Gasteiger partial charge in [0.05, 0.1) is 0 Å². The summed E-state index contributed by atoms with van der Waals surface area (Å²) in [5, 5.41) is 0. The average Bonchev–Trinajstić information content (AvgIpc) is 3.46. The molecule has 0 fully saturated rings. The van der Waals surface area contributed by atoms with Gasteiger partial charge in [0.15, 0.2) is 0 Å². The van der Waals surface area contributed by atoms with Crippen molar-refractivity contribution in [2.75, 3.05) is 0 Å². The molecular formula is C52H84N2. The van der Waals surface area contributed by atoms with E-state index in [4.69, 9.17) is 0 Å². The van der Waals surface area contributed by atoms with Gasteiger partial charge >= 0.3 is 0 Å². The second-order valence-corrected chi connectivity index (χ2v) is 16.8. The molecule has 2 aromatic carbocycles. The molecule has 0 radical (unpaired) electrons. The van der Waals surface area contributed by atoms with Crippen molar-refractivity contribution in [1.29, 1.82) is 0 Å². The maximum absolute atomic E-state index is 12.9. The van der Waals surface area contributed by atoms with Crippen LogP contribution >= 0.6 is 0 Å². The van der Waals surface area contributed by atoms with Gasteiger partial charge in [-0.25, -0.2) is 4.70 Å². The van der Waals surface area contributed by atoms with E-state index in [1.165, 1.54) is 164 Å². The predicted molar refractivity (Wildman–Crippen MR) is 240 cm³/mol. The summed E-state index contributed by atoms with van der Waals surface area (Å²) in [6, 6.07) is 10.1. The molecule has 0 atom stereocenters. The minimum absolute atomic E-state index is 1.05. The zero-order valence-corrected chi connectivity index (χ0v) is 37.0. The Bertz CT molecular complexity index is 1300. The van der Waals surface area contributed by atoms with Crippen molar-refractivity contribution >= 4 is 11.4 Å². The van der Waals surface area contributed by atoms with Crippen molar-refractivity contribution in [3.05, 3.63) is 85.5 Å². The van der Waals surface area contributed by atoms with Gasteiger partial charge in [0.2, 0.25) is 11.4 Å². The van der Waals surface area contributed by atoms with E-state index in [1.54, 1.807) is 38.1 Å². The van der Waals surface area contributed by atoms with Crippen molar-refractivity contribution < 1.29 is 4.70 Å². The number of rotatable bonds is 30. The van der Waals surface area contributed by atoms with Crippen LogP contribution in [0, 0.1) is 0 Å². The molecular weight excluding hydrogens is 653 g/mol. The topological polar surface area (TPSA) is 25.3 Å². The number of nitrogens with zero attached hydrogens (tertiary/aromatic N) is 2. The first-order valence-corrected chi connectivity index (χ1v) is 23.7. The van der Waals surface area contributed by atoms with Crippen molar-refractivity contribution in [2.24, 2.45) is 0 Å². The van der Waals surface area contributed by atoms with Gasteiger partial charge in [0.25, 0.3) is 0 Å². The zero-order chi connectivity index (χ0) is 39.1. The number of hydrogen-bond donors (Lipinski definition) is 0. The third kappa shape index (κ3) is 13.3. The third-order valence-electron chi connectivity index (χ3n) is 12.1. The Kier molecular flexibility index (Phi) is 22.4. The highest BCUT2D eigenvalue weighted by atomic mass is 15.2. The summed E-state index contributed by atoms with van der Waals surface area (Å²) in [6.45, 7) is 18.6. The number of allylic oxidation sites excluding steroid dienone is 2. The smallest absolute Gasteiger partial charge is 0.211 e. The Morgan fingerprint density at radius 3 is 0.889 bits per heavy atom. The van der Waals surface area contributed by atoms with E-state index < -0.39 is 0 Å². The van der Waals surface area contributed by atoms with Crippen LogP contribution in [0.4, 0.5) is 0 Å². The van der Waals surface area contributed by atoms with Crippen LogP contribution in [0.1, 0.15) is 241 Å². The van der Waals surface area contributed by atoms with Crippen LogP contribution in [0.5, 0.6) is 0 Å². The van der Waals surface area contributed by atoms with Gasteiger partial charge in [0.1, 0.15) is 0 Å². The van der Waals surface area contributed by atoms with E-state index in [-0.39, 0.29) is 0 Å². The maximum Gasteiger partial charge on any atom is 0.211 e. The number of unbranched alkanes of at least 4 members (excludes halogenated alkanes) is 12. The highest BCUT2D eigenvalue weighted by Gasteiger charge is 2.36. The molecule has 2 nitrogen and oxygen atoms in total. The van der Waals surface area contributed by atoms with Gasteiger partial charge in [-0.2, -0.15) is 0 Å². The third-order valence-corrected chi connectivity index (χ3v) is 12.1. The molecule has 0 amide bonds. The summed E-state index contributed by atoms with van der Waals surface area (Å²) < 4.78 is 1.73. The molecule has 1 aliphatic rings. The van der Waals surface area contributed by atoms with Gasteiger partial charge in [-0.1, -0.05) is 132 Å². The fourth-order valence-corrected chi connectivity index (χ4v) is 8.82. The van der Waals surface area contributed by atoms with Crippen molar-refractivity contribution in [1.82, 2.24) is 0 Å². The summed E-state index contributed by atoms with van der Waals surface area (Å²) in [7, 11) is 0. The molecule has 2 heteroatoms. The van der Waals surface area contributed by atoms with Crippen LogP contribution < -0.4 is 0 Å². The molecule has 1 aliphatic heterocycles. The van der Waals surface area contributed by atoms with Crippen molar-refractivity contribution in [2.45, 2.75) is 235 Å². The fraction of sp³-hybridized carbons (Fsp3) is 0.692. The molecule has 0 aliphatic carbocycles. The number of benzene rings is 2. The minimum Gasteiger partial charge on any atom is -0.493 e. The molecule has 54 heavy (non-hydrogen) atoms. The van der Waals surface area contributed by atoms with Crippen LogP contribution in [-0.4, -0.2) is 4.70 Å². The first-order valence-electron chi connectivity index (χ1n) is 23.7. The number of hydrogen-bond acceptors (Lipinski definition) is 0. The first-order chi connectivity index (χ1) is 26.4. The normalized spacial score (nSPS) is 13.3. The largest absolute Gasteiger partial charge is 0.493 e. The van der Waals surface area contributed by atoms with E-state index in [0.717, 1.165) is 49.9 Å². The quantitative estimate of drug-likeness (QED) is 0.0564. The van der Waals surface area contributed by atoms with Crippen LogP contribution in [0.15, 0.2) is 35.4 Å². The lowest BCUT2D eigenvalue weighted by Crippen LogP contribution is -2.09. The molecule has 3 rings (SSSR count). The fourth-order valence-electron chi connectivity index (χ4n) is 8.82. The Morgan fingerprint density at radius 1 is 0.333 bits per heavy atom. The van der Waals surface area contributed by atoms with Gasteiger partial charge in [-0.05, 0) is 160 Å². The van der Waals surface area contributed by atoms with Crippen LogP contribution in [0.2, 0.25) is 0 Å². The summed E-state index contributed by atoms with van der Waals surface area (Å²) in [5.74, 6) is 0.